The Balaban J connectivity index is 1.14. The van der Waals surface area contributed by atoms with E-state index in [0.29, 0.717) is 45.0 Å². The molecule has 0 aliphatic carbocycles. The molecule has 3 fully saturated rings. The summed E-state index contributed by atoms with van der Waals surface area (Å²) in [7, 11) is 0. The van der Waals surface area contributed by atoms with Crippen LogP contribution < -0.4 is 4.90 Å². The Bertz CT molecular complexity index is 1540. The van der Waals surface area contributed by atoms with Gasteiger partial charge in [-0.25, -0.2) is 9.97 Å². The zero-order valence-electron chi connectivity index (χ0n) is 21.5. The average Bonchev–Trinajstić information content (AvgIpc) is 3.72. The van der Waals surface area contributed by atoms with Crippen LogP contribution in [0.4, 0.5) is 5.82 Å². The van der Waals surface area contributed by atoms with E-state index in [0.717, 1.165) is 65.2 Å². The highest BCUT2D eigenvalue weighted by Crippen LogP contribution is 2.36. The van der Waals surface area contributed by atoms with E-state index >= 15 is 0 Å². The number of thiophene rings is 1. The molecule has 1 N–H and O–H groups in total. The average molecular weight is 548 g/mol. The summed E-state index contributed by atoms with van der Waals surface area (Å²) < 4.78 is 11.9. The summed E-state index contributed by atoms with van der Waals surface area (Å²) in [6.45, 7) is 6.55. The van der Waals surface area contributed by atoms with Gasteiger partial charge in [0.1, 0.15) is 0 Å². The van der Waals surface area contributed by atoms with Crippen molar-refractivity contribution in [3.8, 4) is 11.4 Å². The van der Waals surface area contributed by atoms with Gasteiger partial charge in [-0.3, -0.25) is 19.6 Å². The normalized spacial score (nSPS) is 20.7. The first-order valence-electron chi connectivity index (χ1n) is 13.4. The minimum absolute atomic E-state index is 0.0621. The Morgan fingerprint density at radius 2 is 1.95 bits per heavy atom. The summed E-state index contributed by atoms with van der Waals surface area (Å²) in [5, 5.41) is 8.26. The molecular formula is C27H29N7O4S. The number of aromatic amines is 1. The van der Waals surface area contributed by atoms with Gasteiger partial charge < -0.3 is 19.3 Å². The number of rotatable bonds is 5. The molecule has 3 saturated heterocycles. The molecule has 11 nitrogen and oxygen atoms in total. The summed E-state index contributed by atoms with van der Waals surface area (Å²) in [4.78, 5) is 42.0. The quantitative estimate of drug-likeness (QED) is 0.376. The van der Waals surface area contributed by atoms with Crippen molar-refractivity contribution >= 4 is 50.2 Å². The highest BCUT2D eigenvalue weighted by molar-refractivity contribution is 7.19. The smallest absolute Gasteiger partial charge is 0.306 e. The van der Waals surface area contributed by atoms with Crippen molar-refractivity contribution in [2.75, 3.05) is 57.4 Å². The fourth-order valence-corrected chi connectivity index (χ4v) is 6.72. The van der Waals surface area contributed by atoms with Gasteiger partial charge in [-0.1, -0.05) is 12.1 Å². The molecule has 1 amide bonds. The molecule has 39 heavy (non-hydrogen) atoms. The summed E-state index contributed by atoms with van der Waals surface area (Å²) in [5.41, 5.74) is 2.86. The molecule has 7 rings (SSSR count). The third-order valence-corrected chi connectivity index (χ3v) is 8.77. The molecule has 4 aromatic rings. The van der Waals surface area contributed by atoms with Crippen LogP contribution in [-0.4, -0.2) is 100 Å². The monoisotopic (exact) mass is 547 g/mol. The zero-order valence-corrected chi connectivity index (χ0v) is 22.3. The number of piperazine rings is 1. The second-order valence-electron chi connectivity index (χ2n) is 10.2. The van der Waals surface area contributed by atoms with E-state index in [2.05, 4.69) is 26.1 Å². The summed E-state index contributed by atoms with van der Waals surface area (Å²) in [5.74, 6) is 1.31. The number of ether oxygens (including phenoxy) is 2. The molecule has 12 heteroatoms. The molecule has 202 valence electrons. The molecule has 1 aromatic carbocycles. The zero-order chi connectivity index (χ0) is 26.3. The van der Waals surface area contributed by atoms with Gasteiger partial charge in [0, 0.05) is 74.5 Å². The van der Waals surface area contributed by atoms with Crippen LogP contribution in [0.3, 0.4) is 0 Å². The van der Waals surface area contributed by atoms with E-state index in [-0.39, 0.29) is 11.9 Å². The first-order chi connectivity index (χ1) is 19.1. The van der Waals surface area contributed by atoms with E-state index in [4.69, 9.17) is 19.4 Å². The topological polar surface area (TPSA) is 117 Å². The lowest BCUT2D eigenvalue weighted by Gasteiger charge is -2.35. The second kappa shape index (κ2) is 10.2. The maximum Gasteiger partial charge on any atom is 0.306 e. The predicted octanol–water partition coefficient (Wildman–Crippen LogP) is 2.42. The summed E-state index contributed by atoms with van der Waals surface area (Å²) in [6.07, 6.45) is 2.04. The van der Waals surface area contributed by atoms with Crippen molar-refractivity contribution in [2.24, 2.45) is 0 Å². The van der Waals surface area contributed by atoms with Crippen molar-refractivity contribution in [2.45, 2.75) is 25.5 Å². The van der Waals surface area contributed by atoms with E-state index < -0.39 is 6.10 Å². The molecule has 3 aliphatic heterocycles. The number of amides is 1. The molecule has 0 unspecified atom stereocenters. The molecule has 0 radical (unpaired) electrons. The number of fused-ring (bicyclic) bond motifs is 2. The SMILES string of the molecule is O=C1CC[C@H](C(=O)N2CCN(Cc3cc4nc(-c5cccc6[nH]ncc56)nc(N5CCOCC5)c4s3)CC2)O1. The molecule has 3 aliphatic rings. The largest absolute Gasteiger partial charge is 0.452 e. The number of benzene rings is 1. The minimum atomic E-state index is -0.606. The number of aromatic nitrogens is 4. The van der Waals surface area contributed by atoms with Crippen LogP contribution >= 0.6 is 11.3 Å². The van der Waals surface area contributed by atoms with Gasteiger partial charge in [0.15, 0.2) is 17.7 Å². The fourth-order valence-electron chi connectivity index (χ4n) is 5.57. The van der Waals surface area contributed by atoms with Crippen molar-refractivity contribution in [1.82, 2.24) is 30.0 Å². The third kappa shape index (κ3) is 4.72. The highest BCUT2D eigenvalue weighted by Gasteiger charge is 2.34. The Kier molecular flexibility index (Phi) is 6.37. The molecule has 0 bridgehead atoms. The van der Waals surface area contributed by atoms with E-state index in [1.807, 2.05) is 29.3 Å². The van der Waals surface area contributed by atoms with Gasteiger partial charge in [-0.2, -0.15) is 5.10 Å². The van der Waals surface area contributed by atoms with Crippen molar-refractivity contribution in [1.29, 1.82) is 0 Å². The Morgan fingerprint density at radius 3 is 2.74 bits per heavy atom. The Labute approximate surface area is 228 Å². The standard InChI is InChI=1S/C27H29N7O4S/c35-23-5-4-22(38-23)27(36)34-8-6-32(7-9-34)16-17-14-21-24(39-17)26(33-10-12-37-13-11-33)30-25(29-21)18-2-1-3-20-19(18)15-28-31-20/h1-3,14-15,22H,4-13,16H2,(H,28,31)/t22-/m1/s1. The lowest BCUT2D eigenvalue weighted by Crippen LogP contribution is -2.51. The summed E-state index contributed by atoms with van der Waals surface area (Å²) >= 11 is 1.74. The van der Waals surface area contributed by atoms with Crippen molar-refractivity contribution < 1.29 is 19.1 Å². The molecule has 6 heterocycles. The predicted molar refractivity (Wildman–Crippen MR) is 147 cm³/mol. The number of nitrogens with zero attached hydrogens (tertiary/aromatic N) is 6. The van der Waals surface area contributed by atoms with E-state index in [9.17, 15) is 9.59 Å². The number of hydrogen-bond donors (Lipinski definition) is 1. The molecule has 0 spiro atoms. The van der Waals surface area contributed by atoms with Gasteiger partial charge in [-0.15, -0.1) is 11.3 Å². The van der Waals surface area contributed by atoms with Crippen LogP contribution in [0.1, 0.15) is 17.7 Å². The number of nitrogens with one attached hydrogen (secondary N) is 1. The van der Waals surface area contributed by atoms with E-state index in [1.54, 1.807) is 11.3 Å². The number of hydrogen-bond acceptors (Lipinski definition) is 10. The second-order valence-corrected chi connectivity index (χ2v) is 11.3. The number of anilines is 1. The van der Waals surface area contributed by atoms with Gasteiger partial charge in [0.2, 0.25) is 0 Å². The maximum atomic E-state index is 12.7. The fraction of sp³-hybridized carbons (Fsp3) is 0.444. The van der Waals surface area contributed by atoms with Crippen LogP contribution in [0.5, 0.6) is 0 Å². The number of morpholine rings is 1. The lowest BCUT2D eigenvalue weighted by atomic mass is 10.1. The molecule has 1 atom stereocenters. The summed E-state index contributed by atoms with van der Waals surface area (Å²) in [6, 6.07) is 8.23. The first kappa shape index (κ1) is 24.4. The highest BCUT2D eigenvalue weighted by atomic mass is 32.1. The third-order valence-electron chi connectivity index (χ3n) is 7.66. The number of carbonyl (C=O) groups is 2. The lowest BCUT2D eigenvalue weighted by molar-refractivity contribution is -0.153. The molecular weight excluding hydrogens is 518 g/mol. The minimum Gasteiger partial charge on any atom is -0.452 e. The van der Waals surface area contributed by atoms with Crippen LogP contribution in [0.15, 0.2) is 30.5 Å². The van der Waals surface area contributed by atoms with Crippen LogP contribution in [0.2, 0.25) is 0 Å². The number of H-pyrrole nitrogens is 1. The van der Waals surface area contributed by atoms with Gasteiger partial charge in [-0.05, 0) is 12.1 Å². The van der Waals surface area contributed by atoms with Gasteiger partial charge in [0.05, 0.1) is 35.1 Å². The number of cyclic esters (lactones) is 1. The van der Waals surface area contributed by atoms with Crippen LogP contribution in [0, 0.1) is 0 Å². The first-order valence-corrected chi connectivity index (χ1v) is 14.2. The Hall–Kier alpha value is -3.61. The van der Waals surface area contributed by atoms with Gasteiger partial charge in [0.25, 0.3) is 5.91 Å². The van der Waals surface area contributed by atoms with Crippen LogP contribution in [0.25, 0.3) is 32.5 Å². The van der Waals surface area contributed by atoms with Crippen LogP contribution in [-0.2, 0) is 25.6 Å². The van der Waals surface area contributed by atoms with E-state index in [1.165, 1.54) is 4.88 Å². The maximum absolute atomic E-state index is 12.7. The van der Waals surface area contributed by atoms with Crippen molar-refractivity contribution in [3.05, 3.63) is 35.3 Å². The van der Waals surface area contributed by atoms with Crippen molar-refractivity contribution in [3.63, 3.8) is 0 Å². The Morgan fingerprint density at radius 1 is 1.10 bits per heavy atom. The number of carbonyl (C=O) groups excluding carboxylic acids is 2. The van der Waals surface area contributed by atoms with Gasteiger partial charge >= 0.3 is 5.97 Å². The molecule has 3 aromatic heterocycles. The number of esters is 1. The molecule has 0 saturated carbocycles.